The van der Waals surface area contributed by atoms with Crippen molar-refractivity contribution in [3.05, 3.63) is 53.9 Å². The third kappa shape index (κ3) is 2.69. The largest absolute Gasteiger partial charge is 0.264 e. The maximum Gasteiger partial charge on any atom is 0.159 e. The highest BCUT2D eigenvalue weighted by atomic mass is 79.9. The van der Waals surface area contributed by atoms with Gasteiger partial charge in [-0.05, 0) is 35.7 Å². The van der Waals surface area contributed by atoms with Gasteiger partial charge in [0, 0.05) is 23.3 Å². The summed E-state index contributed by atoms with van der Waals surface area (Å²) in [5.41, 5.74) is 2.26. The summed E-state index contributed by atoms with van der Waals surface area (Å²) >= 11 is 3.30. The lowest BCUT2D eigenvalue weighted by atomic mass is 9.99. The summed E-state index contributed by atoms with van der Waals surface area (Å²) in [5.74, 6) is -1.64. The first-order valence-electron chi connectivity index (χ1n) is 5.16. The molecule has 2 rings (SSSR count). The van der Waals surface area contributed by atoms with Crippen LogP contribution in [0.5, 0.6) is 0 Å². The van der Waals surface area contributed by atoms with Crippen LogP contribution in [0.15, 0.2) is 36.7 Å². The lowest BCUT2D eigenvalue weighted by Crippen LogP contribution is -1.96. The number of halogens is 3. The summed E-state index contributed by atoms with van der Waals surface area (Å²) in [5, 5.41) is 0.700. The van der Waals surface area contributed by atoms with Crippen molar-refractivity contribution in [3.63, 3.8) is 0 Å². The number of rotatable bonds is 3. The van der Waals surface area contributed by atoms with Crippen molar-refractivity contribution >= 4 is 15.9 Å². The molecule has 0 saturated heterocycles. The third-order valence-electron chi connectivity index (χ3n) is 2.48. The molecule has 2 aromatic rings. The molecule has 1 aromatic carbocycles. The van der Waals surface area contributed by atoms with Gasteiger partial charge >= 0.3 is 0 Å². The third-order valence-corrected chi connectivity index (χ3v) is 2.88. The SMILES string of the molecule is Fc1cc(CCBr)c(-c2cccnc2)cc1F. The summed E-state index contributed by atoms with van der Waals surface area (Å²) in [6, 6.07) is 6.08. The Morgan fingerprint density at radius 1 is 1.18 bits per heavy atom. The molecular formula is C13H10BrF2N. The lowest BCUT2D eigenvalue weighted by molar-refractivity contribution is 0.508. The van der Waals surface area contributed by atoms with E-state index in [0.29, 0.717) is 17.3 Å². The van der Waals surface area contributed by atoms with E-state index in [4.69, 9.17) is 0 Å². The van der Waals surface area contributed by atoms with Gasteiger partial charge in [0.15, 0.2) is 11.6 Å². The minimum atomic E-state index is -0.831. The highest BCUT2D eigenvalue weighted by molar-refractivity contribution is 9.09. The minimum absolute atomic E-state index is 0.640. The van der Waals surface area contributed by atoms with Gasteiger partial charge in [0.1, 0.15) is 0 Å². The Hall–Kier alpha value is -1.29. The summed E-state index contributed by atoms with van der Waals surface area (Å²) in [6.07, 6.45) is 3.93. The normalized spacial score (nSPS) is 10.5. The van der Waals surface area contributed by atoms with Gasteiger partial charge in [-0.15, -0.1) is 0 Å². The summed E-state index contributed by atoms with van der Waals surface area (Å²) in [7, 11) is 0. The Morgan fingerprint density at radius 2 is 1.94 bits per heavy atom. The van der Waals surface area contributed by atoms with Gasteiger partial charge in [-0.2, -0.15) is 0 Å². The molecular weight excluding hydrogens is 288 g/mol. The van der Waals surface area contributed by atoms with E-state index in [0.717, 1.165) is 11.1 Å². The van der Waals surface area contributed by atoms with E-state index in [1.54, 1.807) is 18.5 Å². The number of benzene rings is 1. The lowest BCUT2D eigenvalue weighted by Gasteiger charge is -2.09. The van der Waals surface area contributed by atoms with Gasteiger partial charge in [-0.3, -0.25) is 4.98 Å². The number of alkyl halides is 1. The number of hydrogen-bond acceptors (Lipinski definition) is 1. The molecule has 4 heteroatoms. The molecule has 1 nitrogen and oxygen atoms in total. The molecule has 0 saturated carbocycles. The minimum Gasteiger partial charge on any atom is -0.264 e. The molecule has 17 heavy (non-hydrogen) atoms. The summed E-state index contributed by atoms with van der Waals surface area (Å²) in [4.78, 5) is 3.99. The van der Waals surface area contributed by atoms with Crippen molar-refractivity contribution in [2.24, 2.45) is 0 Å². The number of pyridine rings is 1. The van der Waals surface area contributed by atoms with E-state index in [1.807, 2.05) is 6.07 Å². The van der Waals surface area contributed by atoms with Crippen LogP contribution in [-0.2, 0) is 6.42 Å². The smallest absolute Gasteiger partial charge is 0.159 e. The van der Waals surface area contributed by atoms with Gasteiger partial charge < -0.3 is 0 Å². The molecule has 0 aliphatic carbocycles. The van der Waals surface area contributed by atoms with E-state index in [9.17, 15) is 8.78 Å². The van der Waals surface area contributed by atoms with Crippen LogP contribution in [0.1, 0.15) is 5.56 Å². The Bertz CT molecular complexity index is 514. The van der Waals surface area contributed by atoms with Crippen LogP contribution in [0.25, 0.3) is 11.1 Å². The molecule has 88 valence electrons. The predicted octanol–water partition coefficient (Wildman–Crippen LogP) is 3.96. The van der Waals surface area contributed by atoms with Gasteiger partial charge in [0.2, 0.25) is 0 Å². The molecule has 0 unspecified atom stereocenters. The maximum atomic E-state index is 13.3. The van der Waals surface area contributed by atoms with E-state index >= 15 is 0 Å². The van der Waals surface area contributed by atoms with Crippen molar-refractivity contribution in [1.29, 1.82) is 0 Å². The van der Waals surface area contributed by atoms with Crippen LogP contribution in [0.3, 0.4) is 0 Å². The molecule has 1 aromatic heterocycles. The zero-order valence-corrected chi connectivity index (χ0v) is 10.5. The van der Waals surface area contributed by atoms with E-state index < -0.39 is 11.6 Å². The fourth-order valence-corrected chi connectivity index (χ4v) is 2.11. The second kappa shape index (κ2) is 5.36. The quantitative estimate of drug-likeness (QED) is 0.782. The van der Waals surface area contributed by atoms with Crippen molar-refractivity contribution in [2.45, 2.75) is 6.42 Å². The van der Waals surface area contributed by atoms with Gasteiger partial charge in [0.05, 0.1) is 0 Å². The molecule has 0 aliphatic heterocycles. The van der Waals surface area contributed by atoms with Crippen LogP contribution in [-0.4, -0.2) is 10.3 Å². The fourth-order valence-electron chi connectivity index (χ4n) is 1.69. The van der Waals surface area contributed by atoms with Crippen LogP contribution in [0.4, 0.5) is 8.78 Å². The van der Waals surface area contributed by atoms with Gasteiger partial charge in [0.25, 0.3) is 0 Å². The standard InChI is InChI=1S/C13H10BrF2N/c14-4-3-9-6-12(15)13(16)7-11(9)10-2-1-5-17-8-10/h1-2,5-8H,3-4H2. The molecule has 0 radical (unpaired) electrons. The van der Waals surface area contributed by atoms with Gasteiger partial charge in [-0.1, -0.05) is 22.0 Å². The van der Waals surface area contributed by atoms with Crippen molar-refractivity contribution in [2.75, 3.05) is 5.33 Å². The Kier molecular flexibility index (Phi) is 3.84. The molecule has 0 aliphatic rings. The molecule has 0 spiro atoms. The van der Waals surface area contributed by atoms with Crippen LogP contribution < -0.4 is 0 Å². The second-order valence-corrected chi connectivity index (χ2v) is 4.40. The number of hydrogen-bond donors (Lipinski definition) is 0. The van der Waals surface area contributed by atoms with E-state index in [2.05, 4.69) is 20.9 Å². The first-order chi connectivity index (χ1) is 8.22. The number of nitrogens with zero attached hydrogens (tertiary/aromatic N) is 1. The fraction of sp³-hybridized carbons (Fsp3) is 0.154. The topological polar surface area (TPSA) is 12.9 Å². The van der Waals surface area contributed by atoms with E-state index in [-0.39, 0.29) is 0 Å². The van der Waals surface area contributed by atoms with Crippen LogP contribution in [0, 0.1) is 11.6 Å². The highest BCUT2D eigenvalue weighted by Gasteiger charge is 2.11. The van der Waals surface area contributed by atoms with Crippen LogP contribution >= 0.6 is 15.9 Å². The predicted molar refractivity (Wildman–Crippen MR) is 67.1 cm³/mol. The maximum absolute atomic E-state index is 13.3. The monoisotopic (exact) mass is 297 g/mol. The molecule has 0 bridgehead atoms. The van der Waals surface area contributed by atoms with E-state index in [1.165, 1.54) is 12.1 Å². The highest BCUT2D eigenvalue weighted by Crippen LogP contribution is 2.26. The first-order valence-corrected chi connectivity index (χ1v) is 6.29. The molecule has 0 atom stereocenters. The Balaban J connectivity index is 2.55. The molecule has 0 amide bonds. The Labute approximate surface area is 107 Å². The van der Waals surface area contributed by atoms with Crippen LogP contribution in [0.2, 0.25) is 0 Å². The molecule has 0 fully saturated rings. The zero-order chi connectivity index (χ0) is 12.3. The zero-order valence-electron chi connectivity index (χ0n) is 8.96. The van der Waals surface area contributed by atoms with Crippen molar-refractivity contribution < 1.29 is 8.78 Å². The van der Waals surface area contributed by atoms with Crippen molar-refractivity contribution in [3.8, 4) is 11.1 Å². The Morgan fingerprint density at radius 3 is 2.59 bits per heavy atom. The van der Waals surface area contributed by atoms with Crippen molar-refractivity contribution in [1.82, 2.24) is 4.98 Å². The molecule has 0 N–H and O–H groups in total. The number of aryl methyl sites for hydroxylation is 1. The summed E-state index contributed by atoms with van der Waals surface area (Å²) < 4.78 is 26.5. The second-order valence-electron chi connectivity index (χ2n) is 3.60. The first kappa shape index (κ1) is 12.2. The number of aromatic nitrogens is 1. The average Bonchev–Trinajstić information content (AvgIpc) is 2.35. The summed E-state index contributed by atoms with van der Waals surface area (Å²) in [6.45, 7) is 0. The molecule has 1 heterocycles. The van der Waals surface area contributed by atoms with Gasteiger partial charge in [-0.25, -0.2) is 8.78 Å². The average molecular weight is 298 g/mol.